The van der Waals surface area contributed by atoms with Crippen molar-refractivity contribution in [2.24, 2.45) is 5.92 Å². The summed E-state index contributed by atoms with van der Waals surface area (Å²) in [4.78, 5) is 4.80. The molecule has 3 aromatic heterocycles. The highest BCUT2D eigenvalue weighted by Gasteiger charge is 2.17. The molecule has 32 heavy (non-hydrogen) atoms. The molecule has 4 aromatic rings. The third-order valence-electron chi connectivity index (χ3n) is 5.25. The minimum Gasteiger partial charge on any atom is -0.313 e. The van der Waals surface area contributed by atoms with E-state index in [-0.39, 0.29) is 0 Å². The van der Waals surface area contributed by atoms with Crippen molar-refractivity contribution in [2.75, 3.05) is 0 Å². The molecule has 1 aromatic carbocycles. The Morgan fingerprint density at radius 2 is 1.97 bits per heavy atom. The second kappa shape index (κ2) is 9.56. The number of hydrogen-bond donors (Lipinski definition) is 1. The van der Waals surface area contributed by atoms with Gasteiger partial charge in [-0.2, -0.15) is 15.6 Å². The quantitative estimate of drug-likeness (QED) is 0.434. The fraction of sp³-hybridized carbons (Fsp3) is 0.391. The molecule has 0 saturated carbocycles. The number of rotatable bonds is 9. The molecule has 0 saturated heterocycles. The van der Waals surface area contributed by atoms with E-state index < -0.39 is 0 Å². The van der Waals surface area contributed by atoms with Crippen molar-refractivity contribution in [1.29, 1.82) is 5.26 Å². The van der Waals surface area contributed by atoms with E-state index >= 15 is 0 Å². The molecule has 9 nitrogen and oxygen atoms in total. The van der Waals surface area contributed by atoms with E-state index in [4.69, 9.17) is 10.1 Å². The van der Waals surface area contributed by atoms with Gasteiger partial charge in [-0.15, -0.1) is 10.2 Å². The van der Waals surface area contributed by atoms with Gasteiger partial charge in [-0.05, 0) is 41.3 Å². The molecule has 0 atom stereocenters. The first-order valence-electron chi connectivity index (χ1n) is 11.0. The topological polar surface area (TPSA) is 114 Å². The third kappa shape index (κ3) is 4.59. The molecule has 0 aliphatic carbocycles. The Morgan fingerprint density at radius 1 is 1.16 bits per heavy atom. The summed E-state index contributed by atoms with van der Waals surface area (Å²) >= 11 is 0. The average molecular weight is 430 g/mol. The highest BCUT2D eigenvalue weighted by Crippen LogP contribution is 2.25. The molecule has 0 radical (unpaired) electrons. The van der Waals surface area contributed by atoms with E-state index in [9.17, 15) is 5.26 Å². The molecule has 0 unspecified atom stereocenters. The number of hydrogen-bond acceptors (Lipinski definition) is 6. The van der Waals surface area contributed by atoms with Crippen molar-refractivity contribution >= 4 is 0 Å². The molecule has 0 bridgehead atoms. The van der Waals surface area contributed by atoms with Crippen LogP contribution in [0.15, 0.2) is 36.5 Å². The Morgan fingerprint density at radius 3 is 2.62 bits per heavy atom. The Hall–Kier alpha value is -3.80. The van der Waals surface area contributed by atoms with E-state index in [0.717, 1.165) is 48.6 Å². The SMILES string of the molecule is CCCCc1nc(CC(C)C)nn1Cc1ccc(-n2ccc(C#N)c2-c2nn[nH]n2)cc1. The summed E-state index contributed by atoms with van der Waals surface area (Å²) in [5.41, 5.74) is 3.17. The van der Waals surface area contributed by atoms with Gasteiger partial charge in [-0.25, -0.2) is 9.67 Å². The van der Waals surface area contributed by atoms with Gasteiger partial charge in [0.1, 0.15) is 17.6 Å². The molecular weight excluding hydrogens is 402 g/mol. The summed E-state index contributed by atoms with van der Waals surface area (Å²) in [6, 6.07) is 12.2. The Labute approximate surface area is 187 Å². The summed E-state index contributed by atoms with van der Waals surface area (Å²) in [5, 5.41) is 28.4. The van der Waals surface area contributed by atoms with Gasteiger partial charge in [0.15, 0.2) is 5.82 Å². The predicted octanol–water partition coefficient (Wildman–Crippen LogP) is 3.71. The zero-order valence-electron chi connectivity index (χ0n) is 18.7. The van der Waals surface area contributed by atoms with Gasteiger partial charge in [0.2, 0.25) is 5.82 Å². The minimum atomic E-state index is 0.386. The maximum Gasteiger partial charge on any atom is 0.222 e. The molecule has 0 spiro atoms. The van der Waals surface area contributed by atoms with Crippen LogP contribution < -0.4 is 0 Å². The average Bonchev–Trinajstić information content (AvgIpc) is 3.52. The van der Waals surface area contributed by atoms with E-state index in [0.29, 0.717) is 29.5 Å². The van der Waals surface area contributed by atoms with E-state index in [1.807, 2.05) is 27.6 Å². The van der Waals surface area contributed by atoms with Crippen molar-refractivity contribution < 1.29 is 0 Å². The molecule has 0 amide bonds. The second-order valence-corrected chi connectivity index (χ2v) is 8.27. The Balaban J connectivity index is 1.59. The van der Waals surface area contributed by atoms with E-state index in [1.54, 1.807) is 6.07 Å². The molecule has 4 rings (SSSR count). The van der Waals surface area contributed by atoms with Crippen molar-refractivity contribution in [2.45, 2.75) is 53.0 Å². The lowest BCUT2D eigenvalue weighted by Crippen LogP contribution is -2.08. The number of aromatic nitrogens is 8. The maximum atomic E-state index is 9.46. The number of unbranched alkanes of at least 4 members (excludes halogenated alkanes) is 1. The summed E-state index contributed by atoms with van der Waals surface area (Å²) in [6.07, 6.45) is 5.91. The van der Waals surface area contributed by atoms with Crippen molar-refractivity contribution in [3.63, 3.8) is 0 Å². The number of nitrogens with zero attached hydrogens (tertiary/aromatic N) is 8. The monoisotopic (exact) mass is 429 g/mol. The molecule has 9 heteroatoms. The van der Waals surface area contributed by atoms with Crippen LogP contribution in [-0.4, -0.2) is 40.0 Å². The van der Waals surface area contributed by atoms with Crippen LogP contribution >= 0.6 is 0 Å². The number of H-pyrrole nitrogens is 1. The molecule has 164 valence electrons. The van der Waals surface area contributed by atoms with Crippen molar-refractivity contribution in [3.05, 3.63) is 59.3 Å². The van der Waals surface area contributed by atoms with E-state index in [1.165, 1.54) is 0 Å². The number of nitrogens with one attached hydrogen (secondary N) is 1. The zero-order chi connectivity index (χ0) is 22.5. The first kappa shape index (κ1) is 21.4. The number of aromatic amines is 1. The van der Waals surface area contributed by atoms with Gasteiger partial charge in [0.05, 0.1) is 12.1 Å². The van der Waals surface area contributed by atoms with Crippen LogP contribution in [-0.2, 0) is 19.4 Å². The summed E-state index contributed by atoms with van der Waals surface area (Å²) in [5.74, 6) is 2.88. The third-order valence-corrected chi connectivity index (χ3v) is 5.25. The zero-order valence-corrected chi connectivity index (χ0v) is 18.7. The van der Waals surface area contributed by atoms with Gasteiger partial charge < -0.3 is 4.57 Å². The number of aryl methyl sites for hydroxylation is 1. The first-order valence-corrected chi connectivity index (χ1v) is 11.0. The van der Waals surface area contributed by atoms with Gasteiger partial charge in [-0.3, -0.25) is 0 Å². The fourth-order valence-electron chi connectivity index (χ4n) is 3.69. The number of benzene rings is 1. The molecule has 0 aliphatic heterocycles. The molecule has 0 fully saturated rings. The lowest BCUT2D eigenvalue weighted by atomic mass is 10.1. The van der Waals surface area contributed by atoms with Crippen LogP contribution in [0, 0.1) is 17.2 Å². The fourth-order valence-corrected chi connectivity index (χ4v) is 3.69. The van der Waals surface area contributed by atoms with Crippen LogP contribution in [0.3, 0.4) is 0 Å². The highest BCUT2D eigenvalue weighted by atomic mass is 15.5. The molecule has 0 aliphatic rings. The lowest BCUT2D eigenvalue weighted by molar-refractivity contribution is 0.592. The summed E-state index contributed by atoms with van der Waals surface area (Å²) in [6.45, 7) is 7.24. The van der Waals surface area contributed by atoms with Gasteiger partial charge in [0.25, 0.3) is 0 Å². The molecule has 1 N–H and O–H groups in total. The Bertz CT molecular complexity index is 1190. The first-order chi connectivity index (χ1) is 15.6. The molecule has 3 heterocycles. The largest absolute Gasteiger partial charge is 0.313 e. The van der Waals surface area contributed by atoms with Crippen LogP contribution in [0.4, 0.5) is 0 Å². The van der Waals surface area contributed by atoms with Crippen LogP contribution in [0.25, 0.3) is 17.2 Å². The van der Waals surface area contributed by atoms with Gasteiger partial charge in [-0.1, -0.05) is 39.3 Å². The Kier molecular flexibility index (Phi) is 6.40. The van der Waals surface area contributed by atoms with Crippen LogP contribution in [0.1, 0.15) is 56.4 Å². The maximum absolute atomic E-state index is 9.46. The van der Waals surface area contributed by atoms with Crippen molar-refractivity contribution in [3.8, 4) is 23.3 Å². The summed E-state index contributed by atoms with van der Waals surface area (Å²) in [7, 11) is 0. The van der Waals surface area contributed by atoms with Gasteiger partial charge >= 0.3 is 0 Å². The normalized spacial score (nSPS) is 11.2. The predicted molar refractivity (Wildman–Crippen MR) is 120 cm³/mol. The number of nitriles is 1. The highest BCUT2D eigenvalue weighted by molar-refractivity contribution is 5.64. The molecular formula is C23H27N9. The van der Waals surface area contributed by atoms with Gasteiger partial charge in [0, 0.05) is 24.7 Å². The smallest absolute Gasteiger partial charge is 0.222 e. The van der Waals surface area contributed by atoms with Crippen LogP contribution in [0.2, 0.25) is 0 Å². The standard InChI is InChI=1S/C23H27N9/c1-4-5-6-21-25-20(13-16(2)3)28-32(21)15-17-7-9-19(10-8-17)31-12-11-18(14-24)22(31)23-26-29-30-27-23/h7-12,16H,4-6,13,15H2,1-3H3,(H,26,27,29,30). The van der Waals surface area contributed by atoms with E-state index in [2.05, 4.69) is 59.6 Å². The number of tetrazole rings is 1. The summed E-state index contributed by atoms with van der Waals surface area (Å²) < 4.78 is 3.94. The van der Waals surface area contributed by atoms with Crippen molar-refractivity contribution in [1.82, 2.24) is 40.0 Å². The minimum absolute atomic E-state index is 0.386. The van der Waals surface area contributed by atoms with Crippen LogP contribution in [0.5, 0.6) is 0 Å². The lowest BCUT2D eigenvalue weighted by Gasteiger charge is -2.10. The second-order valence-electron chi connectivity index (χ2n) is 8.27.